The van der Waals surface area contributed by atoms with E-state index in [9.17, 15) is 4.79 Å². The number of nitrogens with one attached hydrogen (secondary N) is 1. The molecule has 0 saturated carbocycles. The zero-order chi connectivity index (χ0) is 16.1. The molecule has 0 spiro atoms. The van der Waals surface area contributed by atoms with Crippen molar-refractivity contribution in [1.29, 1.82) is 0 Å². The topological polar surface area (TPSA) is 102 Å². The molecule has 22 heavy (non-hydrogen) atoms. The molecule has 0 aliphatic rings. The number of carbonyl (C=O) groups is 1. The van der Waals surface area contributed by atoms with E-state index in [1.54, 1.807) is 15.8 Å². The zero-order valence-corrected chi connectivity index (χ0v) is 13.3. The summed E-state index contributed by atoms with van der Waals surface area (Å²) in [5.41, 5.74) is 0. The van der Waals surface area contributed by atoms with Crippen molar-refractivity contribution in [2.45, 2.75) is 39.8 Å². The van der Waals surface area contributed by atoms with Crippen molar-refractivity contribution in [2.24, 2.45) is 7.05 Å². The minimum Gasteiger partial charge on any atom is -0.337 e. The Labute approximate surface area is 128 Å². The average molecular weight is 307 g/mol. The predicted octanol–water partition coefficient (Wildman–Crippen LogP) is 1.05. The van der Waals surface area contributed by atoms with Crippen LogP contribution in [0.25, 0.3) is 0 Å². The Hall–Kier alpha value is -2.45. The highest BCUT2D eigenvalue weighted by molar-refractivity contribution is 5.74. The van der Waals surface area contributed by atoms with Crippen molar-refractivity contribution in [2.75, 3.05) is 6.54 Å². The third-order valence-electron chi connectivity index (χ3n) is 3.30. The SMILES string of the molecule is CCc1noc(CN(CC)C(=O)NC(C)c2nncn2C)n1. The minimum atomic E-state index is -0.247. The van der Waals surface area contributed by atoms with E-state index in [1.165, 1.54) is 0 Å². The molecule has 2 heterocycles. The van der Waals surface area contributed by atoms with Gasteiger partial charge < -0.3 is 19.3 Å². The summed E-state index contributed by atoms with van der Waals surface area (Å²) in [6.07, 6.45) is 2.30. The van der Waals surface area contributed by atoms with Crippen LogP contribution < -0.4 is 5.32 Å². The first-order valence-electron chi connectivity index (χ1n) is 7.25. The van der Waals surface area contributed by atoms with Gasteiger partial charge in [-0.05, 0) is 13.8 Å². The fourth-order valence-corrected chi connectivity index (χ4v) is 2.01. The Morgan fingerprint density at radius 2 is 2.27 bits per heavy atom. The van der Waals surface area contributed by atoms with E-state index in [-0.39, 0.29) is 18.6 Å². The van der Waals surface area contributed by atoms with Gasteiger partial charge in [0.1, 0.15) is 12.9 Å². The van der Waals surface area contributed by atoms with Gasteiger partial charge in [0.2, 0.25) is 5.89 Å². The summed E-state index contributed by atoms with van der Waals surface area (Å²) in [7, 11) is 1.83. The lowest BCUT2D eigenvalue weighted by atomic mass is 10.3. The van der Waals surface area contributed by atoms with Crippen LogP contribution in [0.1, 0.15) is 44.4 Å². The van der Waals surface area contributed by atoms with Crippen molar-refractivity contribution in [3.63, 3.8) is 0 Å². The van der Waals surface area contributed by atoms with Gasteiger partial charge in [0.15, 0.2) is 11.6 Å². The molecule has 2 aromatic rings. The summed E-state index contributed by atoms with van der Waals surface area (Å²) in [4.78, 5) is 18.2. The van der Waals surface area contributed by atoms with Gasteiger partial charge in [0.05, 0.1) is 6.04 Å². The molecule has 9 heteroatoms. The summed E-state index contributed by atoms with van der Waals surface area (Å²) in [5, 5.41) is 14.5. The molecule has 1 N–H and O–H groups in total. The monoisotopic (exact) mass is 307 g/mol. The molecule has 0 radical (unpaired) electrons. The van der Waals surface area contributed by atoms with Crippen LogP contribution >= 0.6 is 0 Å². The number of aryl methyl sites for hydroxylation is 2. The number of hydrogen-bond donors (Lipinski definition) is 1. The van der Waals surface area contributed by atoms with Crippen molar-refractivity contribution >= 4 is 6.03 Å². The molecule has 9 nitrogen and oxygen atoms in total. The van der Waals surface area contributed by atoms with Gasteiger partial charge in [0, 0.05) is 20.0 Å². The second kappa shape index (κ2) is 7.01. The summed E-state index contributed by atoms with van der Waals surface area (Å²) in [6.45, 7) is 6.50. The number of carbonyl (C=O) groups excluding carboxylic acids is 1. The first kappa shape index (κ1) is 15.9. The molecule has 0 aliphatic carbocycles. The summed E-state index contributed by atoms with van der Waals surface area (Å²) in [6, 6.07) is -0.461. The number of amides is 2. The highest BCUT2D eigenvalue weighted by atomic mass is 16.5. The molecule has 1 atom stereocenters. The van der Waals surface area contributed by atoms with Gasteiger partial charge in [0.25, 0.3) is 0 Å². The molecule has 0 saturated heterocycles. The quantitative estimate of drug-likeness (QED) is 0.856. The molecule has 2 rings (SSSR count). The van der Waals surface area contributed by atoms with Crippen LogP contribution in [0.4, 0.5) is 4.79 Å². The number of urea groups is 1. The lowest BCUT2D eigenvalue weighted by molar-refractivity contribution is 0.186. The fourth-order valence-electron chi connectivity index (χ4n) is 2.01. The Morgan fingerprint density at radius 1 is 1.50 bits per heavy atom. The smallest absolute Gasteiger partial charge is 0.318 e. The number of rotatable bonds is 6. The molecule has 0 fully saturated rings. The first-order chi connectivity index (χ1) is 10.5. The maximum Gasteiger partial charge on any atom is 0.318 e. The van der Waals surface area contributed by atoms with Gasteiger partial charge in [-0.2, -0.15) is 4.98 Å². The Balaban J connectivity index is 1.98. The van der Waals surface area contributed by atoms with E-state index in [4.69, 9.17) is 4.52 Å². The van der Waals surface area contributed by atoms with Crippen LogP contribution in [0.5, 0.6) is 0 Å². The second-order valence-corrected chi connectivity index (χ2v) is 4.94. The average Bonchev–Trinajstić information content (AvgIpc) is 3.12. The van der Waals surface area contributed by atoms with Crippen LogP contribution in [0.3, 0.4) is 0 Å². The Kier molecular flexibility index (Phi) is 5.08. The van der Waals surface area contributed by atoms with Crippen LogP contribution in [0, 0.1) is 0 Å². The number of aromatic nitrogens is 5. The summed E-state index contributed by atoms with van der Waals surface area (Å²) in [5.74, 6) is 1.76. The standard InChI is InChI=1S/C13H21N7O2/c1-5-10-16-11(22-18-10)7-20(6-2)13(21)15-9(3)12-17-14-8-19(12)4/h8-9H,5-7H2,1-4H3,(H,15,21). The van der Waals surface area contributed by atoms with Crippen molar-refractivity contribution in [1.82, 2.24) is 35.1 Å². The van der Waals surface area contributed by atoms with Gasteiger partial charge in [-0.15, -0.1) is 10.2 Å². The van der Waals surface area contributed by atoms with E-state index in [1.807, 2.05) is 27.8 Å². The lowest BCUT2D eigenvalue weighted by Crippen LogP contribution is -2.41. The van der Waals surface area contributed by atoms with Crippen LogP contribution in [0.15, 0.2) is 10.9 Å². The molecular weight excluding hydrogens is 286 g/mol. The van der Waals surface area contributed by atoms with E-state index in [0.29, 0.717) is 30.5 Å². The maximum atomic E-state index is 12.3. The first-order valence-corrected chi connectivity index (χ1v) is 7.25. The third-order valence-corrected chi connectivity index (χ3v) is 3.30. The molecule has 1 unspecified atom stereocenters. The van der Waals surface area contributed by atoms with Crippen LogP contribution in [-0.2, 0) is 20.0 Å². The molecule has 2 aromatic heterocycles. The van der Waals surface area contributed by atoms with E-state index < -0.39 is 0 Å². The zero-order valence-electron chi connectivity index (χ0n) is 13.3. The highest BCUT2D eigenvalue weighted by Crippen LogP contribution is 2.09. The largest absolute Gasteiger partial charge is 0.337 e. The van der Waals surface area contributed by atoms with Gasteiger partial charge in [-0.25, -0.2) is 4.79 Å². The lowest BCUT2D eigenvalue weighted by Gasteiger charge is -2.22. The second-order valence-electron chi connectivity index (χ2n) is 4.94. The number of hydrogen-bond acceptors (Lipinski definition) is 6. The molecule has 0 aromatic carbocycles. The third kappa shape index (κ3) is 3.60. The summed E-state index contributed by atoms with van der Waals surface area (Å²) < 4.78 is 6.90. The maximum absolute atomic E-state index is 12.3. The highest BCUT2D eigenvalue weighted by Gasteiger charge is 2.20. The minimum absolute atomic E-state index is 0.214. The normalized spacial score (nSPS) is 12.2. The van der Waals surface area contributed by atoms with Gasteiger partial charge in [-0.3, -0.25) is 0 Å². The van der Waals surface area contributed by atoms with Crippen molar-refractivity contribution in [3.8, 4) is 0 Å². The fraction of sp³-hybridized carbons (Fsp3) is 0.615. The van der Waals surface area contributed by atoms with E-state index >= 15 is 0 Å². The Bertz CT molecular complexity index is 621. The van der Waals surface area contributed by atoms with Crippen LogP contribution in [0.2, 0.25) is 0 Å². The predicted molar refractivity (Wildman–Crippen MR) is 77.7 cm³/mol. The van der Waals surface area contributed by atoms with Gasteiger partial charge >= 0.3 is 6.03 Å². The molecule has 0 aliphatic heterocycles. The Morgan fingerprint density at radius 3 is 2.82 bits per heavy atom. The van der Waals surface area contributed by atoms with E-state index in [0.717, 1.165) is 0 Å². The molecule has 2 amide bonds. The van der Waals surface area contributed by atoms with Crippen LogP contribution in [-0.4, -0.2) is 42.4 Å². The van der Waals surface area contributed by atoms with Crippen molar-refractivity contribution < 1.29 is 9.32 Å². The molecule has 0 bridgehead atoms. The van der Waals surface area contributed by atoms with Crippen molar-refractivity contribution in [3.05, 3.63) is 23.9 Å². The number of nitrogens with zero attached hydrogens (tertiary/aromatic N) is 6. The van der Waals surface area contributed by atoms with E-state index in [2.05, 4.69) is 25.7 Å². The van der Waals surface area contributed by atoms with Gasteiger partial charge in [-0.1, -0.05) is 12.1 Å². The molecular formula is C13H21N7O2. The summed E-state index contributed by atoms with van der Waals surface area (Å²) >= 11 is 0. The molecule has 120 valence electrons.